The van der Waals surface area contributed by atoms with Crippen molar-refractivity contribution >= 4 is 22.6 Å². The summed E-state index contributed by atoms with van der Waals surface area (Å²) >= 11 is 2.67. The second-order valence-electron chi connectivity index (χ2n) is 5.85. The van der Waals surface area contributed by atoms with Crippen LogP contribution in [0.3, 0.4) is 0 Å². The van der Waals surface area contributed by atoms with Crippen LogP contribution in [0.15, 0.2) is 72.8 Å². The molecule has 0 N–H and O–H groups in total. The van der Waals surface area contributed by atoms with E-state index in [1.54, 1.807) is 0 Å². The lowest BCUT2D eigenvalue weighted by Gasteiger charge is -2.47. The number of alkyl halides is 1. The Morgan fingerprint density at radius 1 is 0.571 bits per heavy atom. The Hall–Kier alpha value is -1.61. The van der Waals surface area contributed by atoms with E-state index in [-0.39, 0.29) is 3.42 Å². The Morgan fingerprint density at radius 3 is 1.29 bits per heavy atom. The first-order valence-electron chi connectivity index (χ1n) is 7.29. The molecule has 2 bridgehead atoms. The minimum absolute atomic E-state index is 0.0453. The summed E-state index contributed by atoms with van der Waals surface area (Å²) in [5.74, 6) is 0.394. The van der Waals surface area contributed by atoms with E-state index < -0.39 is 0 Å². The number of hydrogen-bond acceptors (Lipinski definition) is 0. The molecule has 0 saturated carbocycles. The van der Waals surface area contributed by atoms with Gasteiger partial charge in [-0.05, 0) is 33.4 Å². The average Bonchev–Trinajstić information content (AvgIpc) is 2.56. The quantitative estimate of drug-likeness (QED) is 0.371. The third-order valence-electron chi connectivity index (χ3n) is 4.93. The molecule has 3 aromatic carbocycles. The molecular weight excluding hydrogens is 367 g/mol. The summed E-state index contributed by atoms with van der Waals surface area (Å²) in [4.78, 5) is 0. The van der Waals surface area contributed by atoms with Crippen LogP contribution < -0.4 is 0 Å². The first kappa shape index (κ1) is 12.0. The second kappa shape index (κ2) is 3.98. The molecule has 6 rings (SSSR count). The average molecular weight is 380 g/mol. The topological polar surface area (TPSA) is 0 Å². The number of benzene rings is 3. The van der Waals surface area contributed by atoms with E-state index in [4.69, 9.17) is 0 Å². The Bertz CT molecular complexity index is 763. The van der Waals surface area contributed by atoms with E-state index in [9.17, 15) is 0 Å². The minimum Gasteiger partial charge on any atom is -0.0630 e. The molecule has 0 saturated heterocycles. The van der Waals surface area contributed by atoms with Crippen LogP contribution in [0.2, 0.25) is 0 Å². The monoisotopic (exact) mass is 380 g/mol. The molecule has 0 heterocycles. The molecule has 0 amide bonds. The van der Waals surface area contributed by atoms with Gasteiger partial charge in [0.15, 0.2) is 0 Å². The van der Waals surface area contributed by atoms with Gasteiger partial charge in [0.2, 0.25) is 0 Å². The van der Waals surface area contributed by atoms with Gasteiger partial charge in [-0.15, -0.1) is 0 Å². The standard InChI is InChI=1S/C20H13I/c21-20-16-10-4-1-7-13(16)19(14-8-2-5-11-17(14)20)15-9-3-6-12-18(15)20/h1-12,19H. The summed E-state index contributed by atoms with van der Waals surface area (Å²) in [5, 5.41) is 0. The molecule has 3 aromatic rings. The third kappa shape index (κ3) is 1.31. The maximum atomic E-state index is 2.67. The van der Waals surface area contributed by atoms with Crippen molar-refractivity contribution in [3.8, 4) is 0 Å². The van der Waals surface area contributed by atoms with Crippen LogP contribution in [0.1, 0.15) is 39.3 Å². The smallest absolute Gasteiger partial charge is 0.0630 e. The fourth-order valence-corrected chi connectivity index (χ4v) is 5.60. The Labute approximate surface area is 138 Å². The summed E-state index contributed by atoms with van der Waals surface area (Å²) < 4.78 is -0.0453. The molecule has 3 aliphatic carbocycles. The largest absolute Gasteiger partial charge is 0.0977 e. The van der Waals surface area contributed by atoms with Gasteiger partial charge in [0.25, 0.3) is 0 Å². The third-order valence-corrected chi connectivity index (χ3v) is 6.67. The SMILES string of the molecule is IC12c3ccccc3C(c3ccccc31)c1ccccc12. The Balaban J connectivity index is 2.00. The molecule has 0 unspecified atom stereocenters. The highest BCUT2D eigenvalue weighted by atomic mass is 127. The van der Waals surface area contributed by atoms with Crippen molar-refractivity contribution in [2.45, 2.75) is 9.34 Å². The molecule has 0 nitrogen and oxygen atoms in total. The van der Waals surface area contributed by atoms with Gasteiger partial charge in [0, 0.05) is 5.92 Å². The lowest BCUT2D eigenvalue weighted by molar-refractivity contribution is 0.736. The first-order chi connectivity index (χ1) is 10.3. The van der Waals surface area contributed by atoms with E-state index >= 15 is 0 Å². The number of hydrogen-bond donors (Lipinski definition) is 0. The van der Waals surface area contributed by atoms with Gasteiger partial charge in [0.1, 0.15) is 0 Å². The van der Waals surface area contributed by atoms with E-state index in [1.165, 1.54) is 33.4 Å². The van der Waals surface area contributed by atoms with E-state index in [1.807, 2.05) is 0 Å². The Kier molecular flexibility index (Phi) is 2.27. The van der Waals surface area contributed by atoms with Gasteiger partial charge >= 0.3 is 0 Å². The van der Waals surface area contributed by atoms with Gasteiger partial charge in [-0.1, -0.05) is 95.4 Å². The maximum absolute atomic E-state index is 2.67. The molecule has 3 aliphatic rings. The van der Waals surface area contributed by atoms with Crippen molar-refractivity contribution in [1.29, 1.82) is 0 Å². The predicted octanol–water partition coefficient (Wildman–Crippen LogP) is 5.22. The van der Waals surface area contributed by atoms with E-state index in [0.29, 0.717) is 5.92 Å². The lowest BCUT2D eigenvalue weighted by atomic mass is 9.61. The van der Waals surface area contributed by atoms with Crippen molar-refractivity contribution in [3.05, 3.63) is 106 Å². The second-order valence-corrected chi connectivity index (χ2v) is 7.47. The fraction of sp³-hybridized carbons (Fsp3) is 0.100. The molecule has 100 valence electrons. The van der Waals surface area contributed by atoms with Crippen LogP contribution in [0.25, 0.3) is 0 Å². The number of halogens is 1. The van der Waals surface area contributed by atoms with Gasteiger partial charge in [-0.3, -0.25) is 0 Å². The fourth-order valence-electron chi connectivity index (χ4n) is 4.13. The molecule has 0 spiro atoms. The summed E-state index contributed by atoms with van der Waals surface area (Å²) in [6, 6.07) is 26.9. The van der Waals surface area contributed by atoms with Gasteiger partial charge < -0.3 is 0 Å². The summed E-state index contributed by atoms with van der Waals surface area (Å²) in [7, 11) is 0. The molecule has 21 heavy (non-hydrogen) atoms. The van der Waals surface area contributed by atoms with E-state index in [2.05, 4.69) is 95.4 Å². The zero-order chi connectivity index (χ0) is 14.0. The van der Waals surface area contributed by atoms with Gasteiger partial charge in [-0.25, -0.2) is 0 Å². The Morgan fingerprint density at radius 2 is 0.905 bits per heavy atom. The van der Waals surface area contributed by atoms with Crippen LogP contribution in [0.4, 0.5) is 0 Å². The van der Waals surface area contributed by atoms with Crippen molar-refractivity contribution in [2.24, 2.45) is 0 Å². The molecule has 1 heteroatoms. The van der Waals surface area contributed by atoms with Crippen molar-refractivity contribution in [1.82, 2.24) is 0 Å². The van der Waals surface area contributed by atoms with E-state index in [0.717, 1.165) is 0 Å². The molecular formula is C20H13I. The maximum Gasteiger partial charge on any atom is 0.0977 e. The highest BCUT2D eigenvalue weighted by molar-refractivity contribution is 14.1. The zero-order valence-electron chi connectivity index (χ0n) is 11.4. The normalized spacial score (nSPS) is 24.1. The molecule has 0 fully saturated rings. The highest BCUT2D eigenvalue weighted by Crippen LogP contribution is 2.61. The predicted molar refractivity (Wildman–Crippen MR) is 94.2 cm³/mol. The lowest BCUT2D eigenvalue weighted by Crippen LogP contribution is -2.37. The summed E-state index contributed by atoms with van der Waals surface area (Å²) in [6.07, 6.45) is 0. The number of rotatable bonds is 0. The van der Waals surface area contributed by atoms with Gasteiger partial charge in [-0.2, -0.15) is 0 Å². The summed E-state index contributed by atoms with van der Waals surface area (Å²) in [5.41, 5.74) is 8.83. The van der Waals surface area contributed by atoms with Crippen LogP contribution in [0.5, 0.6) is 0 Å². The first-order valence-corrected chi connectivity index (χ1v) is 8.37. The molecule has 0 atom stereocenters. The summed E-state index contributed by atoms with van der Waals surface area (Å²) in [6.45, 7) is 0. The van der Waals surface area contributed by atoms with Crippen LogP contribution in [0, 0.1) is 0 Å². The zero-order valence-corrected chi connectivity index (χ0v) is 13.5. The van der Waals surface area contributed by atoms with Crippen LogP contribution >= 0.6 is 22.6 Å². The van der Waals surface area contributed by atoms with Crippen molar-refractivity contribution in [3.63, 3.8) is 0 Å². The van der Waals surface area contributed by atoms with Crippen LogP contribution in [-0.2, 0) is 3.42 Å². The highest BCUT2D eigenvalue weighted by Gasteiger charge is 2.49. The molecule has 0 radical (unpaired) electrons. The molecule has 0 aliphatic heterocycles. The van der Waals surface area contributed by atoms with Crippen molar-refractivity contribution in [2.75, 3.05) is 0 Å². The molecule has 0 aromatic heterocycles. The minimum atomic E-state index is -0.0453. The van der Waals surface area contributed by atoms with Crippen molar-refractivity contribution < 1.29 is 0 Å². The van der Waals surface area contributed by atoms with Gasteiger partial charge in [0.05, 0.1) is 3.42 Å². The van der Waals surface area contributed by atoms with Crippen LogP contribution in [-0.4, -0.2) is 0 Å².